The maximum Gasteiger partial charge on any atom is 0.166 e. The predicted molar refractivity (Wildman–Crippen MR) is 85.5 cm³/mol. The molecule has 0 bridgehead atoms. The van der Waals surface area contributed by atoms with E-state index in [4.69, 9.17) is 16.3 Å². The third-order valence-electron chi connectivity index (χ3n) is 2.98. The van der Waals surface area contributed by atoms with E-state index in [1.807, 2.05) is 24.3 Å². The van der Waals surface area contributed by atoms with Crippen LogP contribution < -0.4 is 4.74 Å². The zero-order valence-corrected chi connectivity index (χ0v) is 13.2. The van der Waals surface area contributed by atoms with Crippen LogP contribution in [0.2, 0.25) is 0 Å². The summed E-state index contributed by atoms with van der Waals surface area (Å²) in [6.07, 6.45) is 0. The third kappa shape index (κ3) is 3.01. The molecule has 0 saturated heterocycles. The van der Waals surface area contributed by atoms with Crippen molar-refractivity contribution in [1.82, 2.24) is 4.98 Å². The van der Waals surface area contributed by atoms with E-state index in [1.54, 1.807) is 18.2 Å². The number of halogens is 3. The van der Waals surface area contributed by atoms with Crippen LogP contribution in [0.4, 0.5) is 4.39 Å². The van der Waals surface area contributed by atoms with Crippen molar-refractivity contribution >= 4 is 38.4 Å². The molecule has 106 valence electrons. The standard InChI is InChI=1S/C16H10BrClFNO/c17-10-5-6-15(13(19)7-10)21-16-8-11(9-18)20-14-4-2-1-3-12(14)16/h1-8H,9H2. The summed E-state index contributed by atoms with van der Waals surface area (Å²) in [7, 11) is 0. The Hall–Kier alpha value is -1.65. The van der Waals surface area contributed by atoms with Gasteiger partial charge in [0.2, 0.25) is 0 Å². The molecular weight excluding hydrogens is 357 g/mol. The van der Waals surface area contributed by atoms with Crippen molar-refractivity contribution in [2.24, 2.45) is 0 Å². The number of pyridine rings is 1. The van der Waals surface area contributed by atoms with Gasteiger partial charge in [0.15, 0.2) is 11.6 Å². The monoisotopic (exact) mass is 365 g/mol. The van der Waals surface area contributed by atoms with Crippen LogP contribution in [-0.2, 0) is 5.88 Å². The topological polar surface area (TPSA) is 22.1 Å². The molecule has 0 radical (unpaired) electrons. The first-order valence-electron chi connectivity index (χ1n) is 6.25. The summed E-state index contributed by atoms with van der Waals surface area (Å²) in [5, 5.41) is 0.814. The Kier molecular flexibility index (Phi) is 4.08. The van der Waals surface area contributed by atoms with Gasteiger partial charge >= 0.3 is 0 Å². The number of hydrogen-bond acceptors (Lipinski definition) is 2. The summed E-state index contributed by atoms with van der Waals surface area (Å²) < 4.78 is 20.3. The second-order valence-electron chi connectivity index (χ2n) is 4.44. The zero-order valence-electron chi connectivity index (χ0n) is 10.8. The van der Waals surface area contributed by atoms with Crippen LogP contribution in [0.1, 0.15) is 5.69 Å². The predicted octanol–water partition coefficient (Wildman–Crippen LogP) is 5.67. The molecule has 21 heavy (non-hydrogen) atoms. The van der Waals surface area contributed by atoms with E-state index in [2.05, 4.69) is 20.9 Å². The molecule has 0 N–H and O–H groups in total. The van der Waals surface area contributed by atoms with E-state index in [0.717, 1.165) is 10.9 Å². The quantitative estimate of drug-likeness (QED) is 0.557. The molecule has 2 nitrogen and oxygen atoms in total. The molecule has 2 aromatic carbocycles. The van der Waals surface area contributed by atoms with Crippen LogP contribution in [0.5, 0.6) is 11.5 Å². The van der Waals surface area contributed by atoms with Crippen LogP contribution in [0.15, 0.2) is 53.0 Å². The van der Waals surface area contributed by atoms with Gasteiger partial charge in [0.25, 0.3) is 0 Å². The molecule has 0 fully saturated rings. The molecule has 1 heterocycles. The van der Waals surface area contributed by atoms with Gasteiger partial charge in [0, 0.05) is 15.9 Å². The van der Waals surface area contributed by atoms with Gasteiger partial charge in [-0.3, -0.25) is 4.98 Å². The van der Waals surface area contributed by atoms with E-state index in [9.17, 15) is 4.39 Å². The second-order valence-corrected chi connectivity index (χ2v) is 5.62. The van der Waals surface area contributed by atoms with E-state index in [1.165, 1.54) is 6.07 Å². The molecule has 0 spiro atoms. The lowest BCUT2D eigenvalue weighted by Crippen LogP contribution is -1.94. The van der Waals surface area contributed by atoms with Crippen molar-refractivity contribution in [3.05, 3.63) is 64.5 Å². The highest BCUT2D eigenvalue weighted by atomic mass is 79.9. The molecular formula is C16H10BrClFNO. The maximum atomic E-state index is 13.9. The smallest absolute Gasteiger partial charge is 0.166 e. The Morgan fingerprint density at radius 1 is 1.10 bits per heavy atom. The number of rotatable bonds is 3. The molecule has 3 aromatic rings. The Labute approximate surface area is 134 Å². The number of para-hydroxylation sites is 1. The van der Waals surface area contributed by atoms with Gasteiger partial charge in [0.1, 0.15) is 5.75 Å². The van der Waals surface area contributed by atoms with Crippen LogP contribution in [0.25, 0.3) is 10.9 Å². The Morgan fingerprint density at radius 2 is 1.90 bits per heavy atom. The van der Waals surface area contributed by atoms with Crippen molar-refractivity contribution in [2.45, 2.75) is 5.88 Å². The van der Waals surface area contributed by atoms with Crippen LogP contribution >= 0.6 is 27.5 Å². The number of ether oxygens (including phenoxy) is 1. The Bertz CT molecular complexity index is 809. The fourth-order valence-electron chi connectivity index (χ4n) is 2.02. The van der Waals surface area contributed by atoms with Crippen molar-refractivity contribution < 1.29 is 9.13 Å². The number of benzene rings is 2. The van der Waals surface area contributed by atoms with Gasteiger partial charge in [-0.25, -0.2) is 4.39 Å². The lowest BCUT2D eigenvalue weighted by atomic mass is 10.2. The molecule has 0 saturated carbocycles. The number of nitrogens with zero attached hydrogens (tertiary/aromatic N) is 1. The second kappa shape index (κ2) is 6.00. The van der Waals surface area contributed by atoms with E-state index >= 15 is 0 Å². The summed E-state index contributed by atoms with van der Waals surface area (Å²) >= 11 is 9.08. The van der Waals surface area contributed by atoms with Crippen LogP contribution in [0.3, 0.4) is 0 Å². The lowest BCUT2D eigenvalue weighted by Gasteiger charge is -2.11. The molecule has 5 heteroatoms. The highest BCUT2D eigenvalue weighted by Crippen LogP contribution is 2.32. The molecule has 1 aromatic heterocycles. The summed E-state index contributed by atoms with van der Waals surface area (Å²) in [5.74, 6) is 0.537. The van der Waals surface area contributed by atoms with Crippen molar-refractivity contribution in [3.8, 4) is 11.5 Å². The first-order chi connectivity index (χ1) is 10.2. The molecule has 0 unspecified atom stereocenters. The largest absolute Gasteiger partial charge is 0.454 e. The van der Waals surface area contributed by atoms with Crippen LogP contribution in [0, 0.1) is 5.82 Å². The summed E-state index contributed by atoms with van der Waals surface area (Å²) in [6, 6.07) is 13.9. The minimum Gasteiger partial charge on any atom is -0.454 e. The normalized spacial score (nSPS) is 10.8. The highest BCUT2D eigenvalue weighted by molar-refractivity contribution is 9.10. The van der Waals surface area contributed by atoms with Crippen molar-refractivity contribution in [1.29, 1.82) is 0 Å². The molecule has 0 aliphatic heterocycles. The highest BCUT2D eigenvalue weighted by Gasteiger charge is 2.10. The van der Waals surface area contributed by atoms with Gasteiger partial charge in [0.05, 0.1) is 17.1 Å². The lowest BCUT2D eigenvalue weighted by molar-refractivity contribution is 0.445. The number of fused-ring (bicyclic) bond motifs is 1. The van der Waals surface area contributed by atoms with Gasteiger partial charge in [-0.2, -0.15) is 0 Å². The molecule has 0 atom stereocenters. The first-order valence-corrected chi connectivity index (χ1v) is 7.57. The molecule has 0 aliphatic carbocycles. The Balaban J connectivity index is 2.10. The van der Waals surface area contributed by atoms with Crippen LogP contribution in [-0.4, -0.2) is 4.98 Å². The van der Waals surface area contributed by atoms with Gasteiger partial charge < -0.3 is 4.74 Å². The summed E-state index contributed by atoms with van der Waals surface area (Å²) in [6.45, 7) is 0. The number of aromatic nitrogens is 1. The van der Waals surface area contributed by atoms with Gasteiger partial charge in [-0.1, -0.05) is 28.1 Å². The molecule has 0 aliphatic rings. The van der Waals surface area contributed by atoms with Gasteiger partial charge in [-0.05, 0) is 30.3 Å². The minimum absolute atomic E-state index is 0.162. The van der Waals surface area contributed by atoms with Gasteiger partial charge in [-0.15, -0.1) is 11.6 Å². The fraction of sp³-hybridized carbons (Fsp3) is 0.0625. The summed E-state index contributed by atoms with van der Waals surface area (Å²) in [5.41, 5.74) is 1.45. The third-order valence-corrected chi connectivity index (χ3v) is 3.75. The van der Waals surface area contributed by atoms with E-state index < -0.39 is 5.82 Å². The number of alkyl halides is 1. The number of hydrogen-bond donors (Lipinski definition) is 0. The zero-order chi connectivity index (χ0) is 14.8. The van der Waals surface area contributed by atoms with E-state index in [0.29, 0.717) is 15.9 Å². The van der Waals surface area contributed by atoms with E-state index in [-0.39, 0.29) is 11.6 Å². The first kappa shape index (κ1) is 14.3. The molecule has 3 rings (SSSR count). The maximum absolute atomic E-state index is 13.9. The SMILES string of the molecule is Fc1cc(Br)ccc1Oc1cc(CCl)nc2ccccc12. The Morgan fingerprint density at radius 3 is 2.67 bits per heavy atom. The summed E-state index contributed by atoms with van der Waals surface area (Å²) in [4.78, 5) is 4.42. The van der Waals surface area contributed by atoms with Crippen molar-refractivity contribution in [2.75, 3.05) is 0 Å². The average molecular weight is 367 g/mol. The fourth-order valence-corrected chi connectivity index (χ4v) is 2.49. The minimum atomic E-state index is -0.433. The molecule has 0 amide bonds. The average Bonchev–Trinajstić information content (AvgIpc) is 2.49. The van der Waals surface area contributed by atoms with Crippen molar-refractivity contribution in [3.63, 3.8) is 0 Å².